The summed E-state index contributed by atoms with van der Waals surface area (Å²) < 4.78 is 47.5. The number of esters is 1. The molecule has 1 N–H and O–H groups in total. The predicted octanol–water partition coefficient (Wildman–Crippen LogP) is 0.957. The van der Waals surface area contributed by atoms with E-state index in [1.807, 2.05) is 0 Å². The van der Waals surface area contributed by atoms with Gasteiger partial charge in [0.25, 0.3) is 5.91 Å². The van der Waals surface area contributed by atoms with Crippen molar-refractivity contribution in [2.75, 3.05) is 45.4 Å². The first kappa shape index (κ1) is 23.5. The van der Waals surface area contributed by atoms with Crippen LogP contribution in [-0.2, 0) is 29.1 Å². The molecule has 10 nitrogen and oxygen atoms in total. The van der Waals surface area contributed by atoms with E-state index in [2.05, 4.69) is 4.72 Å². The van der Waals surface area contributed by atoms with Crippen LogP contribution in [0.25, 0.3) is 0 Å². The first-order chi connectivity index (χ1) is 15.4. The zero-order valence-corrected chi connectivity index (χ0v) is 18.5. The smallest absolute Gasteiger partial charge is 0.348 e. The predicted molar refractivity (Wildman–Crippen MR) is 114 cm³/mol. The van der Waals surface area contributed by atoms with Crippen molar-refractivity contribution in [1.82, 2.24) is 4.72 Å². The monoisotopic (exact) mass is 464 g/mol. The fourth-order valence-electron chi connectivity index (χ4n) is 3.02. The van der Waals surface area contributed by atoms with Crippen molar-refractivity contribution in [2.24, 2.45) is 0 Å². The number of nitrogens with zero attached hydrogens (tertiary/aromatic N) is 1. The Kier molecular flexibility index (Phi) is 7.67. The van der Waals surface area contributed by atoms with E-state index in [-0.39, 0.29) is 31.2 Å². The van der Waals surface area contributed by atoms with Crippen molar-refractivity contribution >= 4 is 27.6 Å². The van der Waals surface area contributed by atoms with Crippen LogP contribution in [0.3, 0.4) is 0 Å². The molecule has 1 aliphatic rings. The molecule has 32 heavy (non-hydrogen) atoms. The van der Waals surface area contributed by atoms with Gasteiger partial charge in [0, 0.05) is 13.7 Å². The normalized spacial score (nSPS) is 15.4. The largest absolute Gasteiger partial charge is 0.484 e. The number of carbonyl (C=O) groups is 2. The zero-order valence-electron chi connectivity index (χ0n) is 17.6. The highest BCUT2D eigenvalue weighted by Crippen LogP contribution is 2.33. The van der Waals surface area contributed by atoms with Crippen molar-refractivity contribution in [3.8, 4) is 11.5 Å². The van der Waals surface area contributed by atoms with Crippen LogP contribution < -0.4 is 19.1 Å². The molecule has 11 heteroatoms. The number of amides is 1. The standard InChI is InChI=1S/C21H24N2O8S/c1-28-12-11-22-32(26,27)16-9-7-15(8-10-16)30-14-20(24)23-13-19(21(25)29-2)31-18-6-4-3-5-17(18)23/h3-10,19,22H,11-14H2,1-2H3/t19-/m0/s1. The van der Waals surface area contributed by atoms with Crippen LogP contribution >= 0.6 is 0 Å². The number of rotatable bonds is 9. The number of methoxy groups -OCH3 is 2. The maximum atomic E-state index is 12.8. The Morgan fingerprint density at radius 1 is 1.12 bits per heavy atom. The number of fused-ring (bicyclic) bond motifs is 1. The molecular formula is C21H24N2O8S. The summed E-state index contributed by atoms with van der Waals surface area (Å²) in [7, 11) is -0.939. The average molecular weight is 464 g/mol. The number of hydrogen-bond acceptors (Lipinski definition) is 8. The molecule has 0 aromatic heterocycles. The number of carbonyl (C=O) groups excluding carboxylic acids is 2. The summed E-state index contributed by atoms with van der Waals surface area (Å²) in [4.78, 5) is 26.2. The van der Waals surface area contributed by atoms with Gasteiger partial charge in [0.15, 0.2) is 6.61 Å². The number of anilines is 1. The summed E-state index contributed by atoms with van der Waals surface area (Å²) in [6, 6.07) is 12.5. The lowest BCUT2D eigenvalue weighted by Crippen LogP contribution is -2.48. The molecule has 0 saturated heterocycles. The van der Waals surface area contributed by atoms with E-state index in [9.17, 15) is 18.0 Å². The Bertz CT molecular complexity index is 1060. The summed E-state index contributed by atoms with van der Waals surface area (Å²) in [5.41, 5.74) is 0.518. The first-order valence-electron chi connectivity index (χ1n) is 9.71. The van der Waals surface area contributed by atoms with Gasteiger partial charge in [0.1, 0.15) is 11.5 Å². The van der Waals surface area contributed by atoms with Gasteiger partial charge < -0.3 is 23.8 Å². The van der Waals surface area contributed by atoms with E-state index in [1.165, 1.54) is 43.4 Å². The van der Waals surface area contributed by atoms with Crippen LogP contribution in [0, 0.1) is 0 Å². The molecule has 0 radical (unpaired) electrons. The molecule has 1 amide bonds. The van der Waals surface area contributed by atoms with E-state index < -0.39 is 28.0 Å². The van der Waals surface area contributed by atoms with Crippen molar-refractivity contribution in [1.29, 1.82) is 0 Å². The second-order valence-corrected chi connectivity index (χ2v) is 8.52. The topological polar surface area (TPSA) is 120 Å². The molecule has 0 bridgehead atoms. The van der Waals surface area contributed by atoms with Gasteiger partial charge in [-0.25, -0.2) is 17.9 Å². The highest BCUT2D eigenvalue weighted by molar-refractivity contribution is 7.89. The number of benzene rings is 2. The molecular weight excluding hydrogens is 440 g/mol. The van der Waals surface area contributed by atoms with Crippen molar-refractivity contribution in [3.05, 3.63) is 48.5 Å². The van der Waals surface area contributed by atoms with E-state index in [1.54, 1.807) is 24.3 Å². The molecule has 1 heterocycles. The van der Waals surface area contributed by atoms with Crippen molar-refractivity contribution < 1.29 is 37.0 Å². The lowest BCUT2D eigenvalue weighted by Gasteiger charge is -2.33. The third-order valence-corrected chi connectivity index (χ3v) is 6.11. The number of nitrogens with one attached hydrogen (secondary N) is 1. The van der Waals surface area contributed by atoms with Crippen LogP contribution in [0.1, 0.15) is 0 Å². The molecule has 0 unspecified atom stereocenters. The van der Waals surface area contributed by atoms with Crippen molar-refractivity contribution in [3.63, 3.8) is 0 Å². The maximum Gasteiger partial charge on any atom is 0.348 e. The molecule has 2 aromatic rings. The fourth-order valence-corrected chi connectivity index (χ4v) is 4.04. The van der Waals surface area contributed by atoms with Gasteiger partial charge in [-0.1, -0.05) is 12.1 Å². The molecule has 1 aliphatic heterocycles. The van der Waals surface area contributed by atoms with Gasteiger partial charge in [-0.05, 0) is 36.4 Å². The quantitative estimate of drug-likeness (QED) is 0.430. The molecule has 0 spiro atoms. The van der Waals surface area contributed by atoms with E-state index in [0.29, 0.717) is 17.2 Å². The third kappa shape index (κ3) is 5.55. The van der Waals surface area contributed by atoms with Gasteiger partial charge in [-0.3, -0.25) is 4.79 Å². The fraction of sp³-hybridized carbons (Fsp3) is 0.333. The minimum Gasteiger partial charge on any atom is -0.484 e. The Labute approximate surface area is 186 Å². The second-order valence-electron chi connectivity index (χ2n) is 6.75. The van der Waals surface area contributed by atoms with E-state index >= 15 is 0 Å². The average Bonchev–Trinajstić information content (AvgIpc) is 2.81. The molecule has 0 fully saturated rings. The highest BCUT2D eigenvalue weighted by atomic mass is 32.2. The Balaban J connectivity index is 1.65. The molecule has 0 aliphatic carbocycles. The summed E-state index contributed by atoms with van der Waals surface area (Å²) in [6.07, 6.45) is -0.950. The van der Waals surface area contributed by atoms with Crippen LogP contribution in [0.15, 0.2) is 53.4 Å². The van der Waals surface area contributed by atoms with Gasteiger partial charge in [0.05, 0.1) is 30.8 Å². The summed E-state index contributed by atoms with van der Waals surface area (Å²) in [5.74, 6) is -0.278. The zero-order chi connectivity index (χ0) is 23.1. The maximum absolute atomic E-state index is 12.8. The van der Waals surface area contributed by atoms with E-state index in [4.69, 9.17) is 18.9 Å². The highest BCUT2D eigenvalue weighted by Gasteiger charge is 2.34. The molecule has 1 atom stereocenters. The summed E-state index contributed by atoms with van der Waals surface area (Å²) in [5, 5.41) is 0. The Morgan fingerprint density at radius 2 is 1.84 bits per heavy atom. The summed E-state index contributed by atoms with van der Waals surface area (Å²) in [6.45, 7) is 0.0693. The minimum absolute atomic E-state index is 0.0177. The molecule has 172 valence electrons. The van der Waals surface area contributed by atoms with Gasteiger partial charge in [-0.2, -0.15) is 0 Å². The van der Waals surface area contributed by atoms with Crippen LogP contribution in [0.4, 0.5) is 5.69 Å². The first-order valence-corrected chi connectivity index (χ1v) is 11.2. The molecule has 2 aromatic carbocycles. The molecule has 0 saturated carbocycles. The SMILES string of the molecule is COCCNS(=O)(=O)c1ccc(OCC(=O)N2C[C@@H](C(=O)OC)Oc3ccccc32)cc1. The summed E-state index contributed by atoms with van der Waals surface area (Å²) >= 11 is 0. The van der Waals surface area contributed by atoms with Crippen LogP contribution in [-0.4, -0.2) is 66.9 Å². The van der Waals surface area contributed by atoms with Gasteiger partial charge in [-0.15, -0.1) is 0 Å². The van der Waals surface area contributed by atoms with Crippen molar-refractivity contribution in [2.45, 2.75) is 11.0 Å². The number of hydrogen-bond donors (Lipinski definition) is 1. The number of ether oxygens (including phenoxy) is 4. The van der Waals surface area contributed by atoms with Crippen LogP contribution in [0.5, 0.6) is 11.5 Å². The lowest BCUT2D eigenvalue weighted by molar-refractivity contribution is -0.148. The number of sulfonamides is 1. The number of para-hydroxylation sites is 2. The molecule has 3 rings (SSSR count). The second kappa shape index (κ2) is 10.4. The van der Waals surface area contributed by atoms with Gasteiger partial charge >= 0.3 is 5.97 Å². The Hall–Kier alpha value is -3.15. The van der Waals surface area contributed by atoms with E-state index in [0.717, 1.165) is 0 Å². The third-order valence-electron chi connectivity index (χ3n) is 4.63. The van der Waals surface area contributed by atoms with Gasteiger partial charge in [0.2, 0.25) is 16.1 Å². The lowest BCUT2D eigenvalue weighted by atomic mass is 10.2. The minimum atomic E-state index is -3.67. The van der Waals surface area contributed by atoms with Crippen LogP contribution in [0.2, 0.25) is 0 Å². The Morgan fingerprint density at radius 3 is 2.53 bits per heavy atom.